The van der Waals surface area contributed by atoms with E-state index in [0.29, 0.717) is 5.82 Å². The molecule has 3 aromatic heterocycles. The molecule has 2 aliphatic rings. The highest BCUT2D eigenvalue weighted by Crippen LogP contribution is 2.27. The lowest BCUT2D eigenvalue weighted by molar-refractivity contribution is 0.166. The Balaban J connectivity index is 1.31. The van der Waals surface area contributed by atoms with Gasteiger partial charge in [0.1, 0.15) is 0 Å². The van der Waals surface area contributed by atoms with Crippen molar-refractivity contribution in [3.05, 3.63) is 56.9 Å². The molecule has 1 aliphatic heterocycles. The molecular formula is C22H29N7O. The van der Waals surface area contributed by atoms with E-state index in [1.165, 1.54) is 23.4 Å². The van der Waals surface area contributed by atoms with Gasteiger partial charge in [-0.2, -0.15) is 10.2 Å². The quantitative estimate of drug-likeness (QED) is 0.662. The molecule has 0 radical (unpaired) electrons. The molecule has 0 atom stereocenters. The zero-order valence-corrected chi connectivity index (χ0v) is 18.0. The first kappa shape index (κ1) is 19.2. The maximum atomic E-state index is 12.5. The highest BCUT2D eigenvalue weighted by atomic mass is 16.1. The molecule has 4 heterocycles. The Hall–Kier alpha value is -2.74. The van der Waals surface area contributed by atoms with Crippen LogP contribution in [0.1, 0.15) is 53.6 Å². The van der Waals surface area contributed by atoms with Gasteiger partial charge in [0.25, 0.3) is 5.56 Å². The molecule has 8 heteroatoms. The van der Waals surface area contributed by atoms with Gasteiger partial charge in [-0.3, -0.25) is 14.4 Å². The predicted molar refractivity (Wildman–Crippen MR) is 114 cm³/mol. The number of aromatic nitrogens is 6. The van der Waals surface area contributed by atoms with E-state index < -0.39 is 0 Å². The van der Waals surface area contributed by atoms with E-state index in [2.05, 4.69) is 26.8 Å². The molecule has 1 saturated heterocycles. The molecular weight excluding hydrogens is 378 g/mol. The third-order valence-electron chi connectivity index (χ3n) is 6.51. The Morgan fingerprint density at radius 3 is 2.60 bits per heavy atom. The Kier molecular flexibility index (Phi) is 4.81. The van der Waals surface area contributed by atoms with Crippen LogP contribution in [0.25, 0.3) is 5.82 Å². The molecule has 8 nitrogen and oxygen atoms in total. The highest BCUT2D eigenvalue weighted by molar-refractivity contribution is 5.30. The normalized spacial score (nSPS) is 17.6. The molecule has 0 spiro atoms. The Morgan fingerprint density at radius 2 is 1.87 bits per heavy atom. The summed E-state index contributed by atoms with van der Waals surface area (Å²) < 4.78 is 5.55. The maximum absolute atomic E-state index is 12.5. The fourth-order valence-electron chi connectivity index (χ4n) is 4.97. The third kappa shape index (κ3) is 3.39. The second kappa shape index (κ2) is 7.50. The number of fused-ring (bicyclic) bond motifs is 1. The van der Waals surface area contributed by atoms with E-state index in [1.54, 1.807) is 16.8 Å². The van der Waals surface area contributed by atoms with Gasteiger partial charge < -0.3 is 0 Å². The minimum Gasteiger partial charge on any atom is -0.297 e. The van der Waals surface area contributed by atoms with Crippen LogP contribution in [0.5, 0.6) is 0 Å². The van der Waals surface area contributed by atoms with Crippen LogP contribution in [-0.2, 0) is 26.4 Å². The molecule has 30 heavy (non-hydrogen) atoms. The number of hydrogen-bond acceptors (Lipinski definition) is 5. The van der Waals surface area contributed by atoms with E-state index in [1.807, 2.05) is 24.6 Å². The van der Waals surface area contributed by atoms with Crippen molar-refractivity contribution in [1.29, 1.82) is 0 Å². The summed E-state index contributed by atoms with van der Waals surface area (Å²) in [5.41, 5.74) is 6.05. The number of likely N-dealkylation sites (tertiary alicyclic amines) is 1. The van der Waals surface area contributed by atoms with Crippen molar-refractivity contribution in [3.63, 3.8) is 0 Å². The van der Waals surface area contributed by atoms with Gasteiger partial charge in [-0.1, -0.05) is 0 Å². The summed E-state index contributed by atoms with van der Waals surface area (Å²) in [5.74, 6) is 0.702. The smallest absolute Gasteiger partial charge is 0.267 e. The van der Waals surface area contributed by atoms with Gasteiger partial charge >= 0.3 is 0 Å². The molecule has 158 valence electrons. The topological polar surface area (TPSA) is 73.8 Å². The van der Waals surface area contributed by atoms with Gasteiger partial charge in [-0.05, 0) is 63.6 Å². The van der Waals surface area contributed by atoms with Crippen LogP contribution in [0.4, 0.5) is 0 Å². The summed E-state index contributed by atoms with van der Waals surface area (Å²) in [7, 11) is 2.06. The van der Waals surface area contributed by atoms with E-state index >= 15 is 0 Å². The van der Waals surface area contributed by atoms with E-state index in [-0.39, 0.29) is 11.6 Å². The molecule has 0 amide bonds. The van der Waals surface area contributed by atoms with Crippen LogP contribution in [0.3, 0.4) is 0 Å². The lowest BCUT2D eigenvalue weighted by Gasteiger charge is -2.32. The van der Waals surface area contributed by atoms with Crippen molar-refractivity contribution >= 4 is 0 Å². The first-order valence-electron chi connectivity index (χ1n) is 10.9. The highest BCUT2D eigenvalue weighted by Gasteiger charge is 2.26. The molecule has 1 fully saturated rings. The van der Waals surface area contributed by atoms with Crippen molar-refractivity contribution in [2.24, 2.45) is 7.05 Å². The van der Waals surface area contributed by atoms with E-state index in [0.717, 1.165) is 56.7 Å². The third-order valence-corrected chi connectivity index (χ3v) is 6.51. The zero-order chi connectivity index (χ0) is 20.8. The van der Waals surface area contributed by atoms with E-state index in [9.17, 15) is 4.79 Å². The monoisotopic (exact) mass is 407 g/mol. The number of rotatable bonds is 4. The maximum Gasteiger partial charge on any atom is 0.267 e. The second-order valence-electron chi connectivity index (χ2n) is 8.67. The largest absolute Gasteiger partial charge is 0.297 e. The molecule has 0 saturated carbocycles. The molecule has 0 unspecified atom stereocenters. The lowest BCUT2D eigenvalue weighted by Crippen LogP contribution is -2.38. The number of nitrogens with zero attached hydrogens (tertiary/aromatic N) is 7. The van der Waals surface area contributed by atoms with Gasteiger partial charge in [0, 0.05) is 38.4 Å². The van der Waals surface area contributed by atoms with Crippen LogP contribution >= 0.6 is 0 Å². The Labute approximate surface area is 176 Å². The van der Waals surface area contributed by atoms with Gasteiger partial charge in [-0.25, -0.2) is 9.36 Å². The van der Waals surface area contributed by atoms with E-state index in [4.69, 9.17) is 5.10 Å². The van der Waals surface area contributed by atoms with Gasteiger partial charge in [0.05, 0.1) is 23.1 Å². The zero-order valence-electron chi connectivity index (χ0n) is 18.0. The van der Waals surface area contributed by atoms with Crippen molar-refractivity contribution < 1.29 is 0 Å². The molecule has 1 aliphatic carbocycles. The van der Waals surface area contributed by atoms with Crippen molar-refractivity contribution in [2.45, 2.75) is 58.5 Å². The summed E-state index contributed by atoms with van der Waals surface area (Å²) in [4.78, 5) is 15.0. The summed E-state index contributed by atoms with van der Waals surface area (Å²) in [6.45, 7) is 6.84. The minimum absolute atomic E-state index is 0.0387. The molecule has 5 rings (SSSR count). The first-order valence-corrected chi connectivity index (χ1v) is 10.9. The Bertz CT molecular complexity index is 1130. The number of piperidine rings is 1. The summed E-state index contributed by atoms with van der Waals surface area (Å²) in [6.07, 6.45) is 5.35. The van der Waals surface area contributed by atoms with Gasteiger partial charge in [0.2, 0.25) is 0 Å². The van der Waals surface area contributed by atoms with Crippen LogP contribution in [-0.4, -0.2) is 47.3 Å². The van der Waals surface area contributed by atoms with Crippen molar-refractivity contribution in [1.82, 2.24) is 34.2 Å². The predicted octanol–water partition coefficient (Wildman–Crippen LogP) is 2.11. The van der Waals surface area contributed by atoms with Crippen LogP contribution in [0.15, 0.2) is 23.0 Å². The summed E-state index contributed by atoms with van der Waals surface area (Å²) in [6, 6.07) is 5.52. The summed E-state index contributed by atoms with van der Waals surface area (Å²) >= 11 is 0. The van der Waals surface area contributed by atoms with Gasteiger partial charge in [0.15, 0.2) is 5.82 Å². The van der Waals surface area contributed by atoms with Crippen molar-refractivity contribution in [3.8, 4) is 5.82 Å². The van der Waals surface area contributed by atoms with Gasteiger partial charge in [-0.15, -0.1) is 5.10 Å². The van der Waals surface area contributed by atoms with Crippen LogP contribution in [0.2, 0.25) is 0 Å². The molecule has 0 bridgehead atoms. The second-order valence-corrected chi connectivity index (χ2v) is 8.67. The average Bonchev–Trinajstić information content (AvgIpc) is 3.39. The van der Waals surface area contributed by atoms with Crippen molar-refractivity contribution in [2.75, 3.05) is 13.1 Å². The SMILES string of the molecule is Cc1cc(C)n(-c2ccc(=O)n(C3CCN(Cc4c5c(nn4C)CCC5)CC3)n2)n1. The standard InChI is InChI=1S/C22H29N7O/c1-15-13-16(2)28(23-15)21-7-8-22(30)29(25-21)17-9-11-27(12-10-17)14-20-18-5-4-6-19(18)24-26(20)3/h7-8,13,17H,4-6,9-12,14H2,1-3H3. The molecule has 0 N–H and O–H groups in total. The molecule has 3 aromatic rings. The van der Waals surface area contributed by atoms with Crippen LogP contribution in [0, 0.1) is 13.8 Å². The molecule has 0 aromatic carbocycles. The minimum atomic E-state index is -0.0387. The first-order chi connectivity index (χ1) is 14.5. The lowest BCUT2D eigenvalue weighted by atomic mass is 10.0. The number of aryl methyl sites for hydroxylation is 4. The Morgan fingerprint density at radius 1 is 1.07 bits per heavy atom. The average molecular weight is 408 g/mol. The fourth-order valence-corrected chi connectivity index (χ4v) is 4.97. The fraction of sp³-hybridized carbons (Fsp3) is 0.545. The summed E-state index contributed by atoms with van der Waals surface area (Å²) in [5, 5.41) is 13.9. The number of hydrogen-bond donors (Lipinski definition) is 0. The van der Waals surface area contributed by atoms with Crippen LogP contribution < -0.4 is 5.56 Å².